The summed E-state index contributed by atoms with van der Waals surface area (Å²) in [7, 11) is 0. The molecular formula is C28H28ClN3O2. The van der Waals surface area contributed by atoms with Gasteiger partial charge in [0.15, 0.2) is 0 Å². The highest BCUT2D eigenvalue weighted by atomic mass is 35.5. The Morgan fingerprint density at radius 1 is 1.09 bits per heavy atom. The Balaban J connectivity index is 1.32. The minimum atomic E-state index is -0.0935. The largest absolute Gasteiger partial charge is 0.492 e. The average molecular weight is 474 g/mol. The summed E-state index contributed by atoms with van der Waals surface area (Å²) in [5.74, 6) is 1.70. The number of benzene rings is 3. The van der Waals surface area contributed by atoms with E-state index in [-0.39, 0.29) is 5.91 Å². The van der Waals surface area contributed by atoms with E-state index in [1.54, 1.807) is 6.08 Å². The molecule has 174 valence electrons. The van der Waals surface area contributed by atoms with Gasteiger partial charge in [-0.1, -0.05) is 54.1 Å². The molecular weight excluding hydrogens is 446 g/mol. The third-order valence-electron chi connectivity index (χ3n) is 5.55. The van der Waals surface area contributed by atoms with E-state index in [1.807, 2.05) is 79.7 Å². The maximum Gasteiger partial charge on any atom is 0.243 e. The first-order valence-electron chi connectivity index (χ1n) is 11.4. The molecule has 6 heteroatoms. The molecule has 5 nitrogen and oxygen atoms in total. The summed E-state index contributed by atoms with van der Waals surface area (Å²) in [6.07, 6.45) is 4.94. The van der Waals surface area contributed by atoms with Crippen LogP contribution >= 0.6 is 11.6 Å². The van der Waals surface area contributed by atoms with E-state index in [1.165, 1.54) is 0 Å². The summed E-state index contributed by atoms with van der Waals surface area (Å²) in [6, 6.07) is 23.6. The van der Waals surface area contributed by atoms with Crippen LogP contribution in [0.3, 0.4) is 0 Å². The molecule has 0 aliphatic carbocycles. The van der Waals surface area contributed by atoms with Gasteiger partial charge in [-0.25, -0.2) is 4.98 Å². The van der Waals surface area contributed by atoms with E-state index < -0.39 is 0 Å². The monoisotopic (exact) mass is 473 g/mol. The molecule has 4 aromatic rings. The van der Waals surface area contributed by atoms with Gasteiger partial charge in [0, 0.05) is 24.1 Å². The minimum absolute atomic E-state index is 0.0935. The molecule has 0 unspecified atom stereocenters. The highest BCUT2D eigenvalue weighted by Gasteiger charge is 2.11. The van der Waals surface area contributed by atoms with Crippen molar-refractivity contribution in [1.29, 1.82) is 0 Å². The SMILES string of the molecule is Cc1cc(OCCn2c(CCCNC(=O)/C=C/c3ccccc3)nc3ccccc32)ccc1Cl. The van der Waals surface area contributed by atoms with Crippen LogP contribution in [0.25, 0.3) is 17.1 Å². The molecule has 0 saturated heterocycles. The van der Waals surface area contributed by atoms with E-state index in [9.17, 15) is 4.79 Å². The number of hydrogen-bond acceptors (Lipinski definition) is 3. The lowest BCUT2D eigenvalue weighted by Gasteiger charge is -2.12. The molecule has 1 N–H and O–H groups in total. The number of ether oxygens (including phenoxy) is 1. The molecule has 0 radical (unpaired) electrons. The third-order valence-corrected chi connectivity index (χ3v) is 5.97. The van der Waals surface area contributed by atoms with Crippen LogP contribution in [0.15, 0.2) is 78.9 Å². The Bertz CT molecular complexity index is 1280. The van der Waals surface area contributed by atoms with Crippen molar-refractivity contribution >= 4 is 34.6 Å². The smallest absolute Gasteiger partial charge is 0.243 e. The molecule has 0 aliphatic heterocycles. The molecule has 0 bridgehead atoms. The molecule has 1 heterocycles. The van der Waals surface area contributed by atoms with Crippen LogP contribution in [-0.4, -0.2) is 28.6 Å². The van der Waals surface area contributed by atoms with Gasteiger partial charge in [-0.2, -0.15) is 0 Å². The molecule has 0 saturated carbocycles. The molecule has 4 rings (SSSR count). The fourth-order valence-electron chi connectivity index (χ4n) is 3.78. The number of carbonyl (C=O) groups excluding carboxylic acids is 1. The number of aryl methyl sites for hydroxylation is 2. The van der Waals surface area contributed by atoms with Crippen LogP contribution in [0.1, 0.15) is 23.4 Å². The van der Waals surface area contributed by atoms with E-state index in [0.29, 0.717) is 19.7 Å². The van der Waals surface area contributed by atoms with Crippen molar-refractivity contribution in [2.24, 2.45) is 0 Å². The number of rotatable bonds is 10. The molecule has 0 spiro atoms. The molecule has 3 aromatic carbocycles. The van der Waals surface area contributed by atoms with Gasteiger partial charge >= 0.3 is 0 Å². The number of halogens is 1. The van der Waals surface area contributed by atoms with Crippen LogP contribution in [0.4, 0.5) is 0 Å². The van der Waals surface area contributed by atoms with Crippen molar-refractivity contribution in [2.75, 3.05) is 13.2 Å². The molecule has 0 atom stereocenters. The maximum atomic E-state index is 12.1. The fraction of sp³-hybridized carbons (Fsp3) is 0.214. The molecule has 0 fully saturated rings. The summed E-state index contributed by atoms with van der Waals surface area (Å²) in [5.41, 5.74) is 4.05. The van der Waals surface area contributed by atoms with Crippen molar-refractivity contribution in [3.63, 3.8) is 0 Å². The number of hydrogen-bond donors (Lipinski definition) is 1. The highest BCUT2D eigenvalue weighted by Crippen LogP contribution is 2.22. The first-order valence-corrected chi connectivity index (χ1v) is 11.8. The molecule has 0 aliphatic rings. The second kappa shape index (κ2) is 11.5. The number of nitrogens with one attached hydrogen (secondary N) is 1. The van der Waals surface area contributed by atoms with Crippen LogP contribution in [0, 0.1) is 6.92 Å². The molecule has 1 amide bonds. The topological polar surface area (TPSA) is 56.1 Å². The van der Waals surface area contributed by atoms with Gasteiger partial charge in [0.25, 0.3) is 0 Å². The number of amides is 1. The van der Waals surface area contributed by atoms with Crippen LogP contribution < -0.4 is 10.1 Å². The van der Waals surface area contributed by atoms with Gasteiger partial charge in [0.05, 0.1) is 17.6 Å². The summed E-state index contributed by atoms with van der Waals surface area (Å²) in [5, 5.41) is 3.69. The number of imidazole rings is 1. The zero-order chi connectivity index (χ0) is 23.8. The van der Waals surface area contributed by atoms with E-state index >= 15 is 0 Å². The van der Waals surface area contributed by atoms with Crippen LogP contribution in [0.5, 0.6) is 5.75 Å². The van der Waals surface area contributed by atoms with Crippen molar-refractivity contribution in [3.8, 4) is 5.75 Å². The lowest BCUT2D eigenvalue weighted by molar-refractivity contribution is -0.116. The van der Waals surface area contributed by atoms with Gasteiger partial charge in [-0.15, -0.1) is 0 Å². The van der Waals surface area contributed by atoms with Gasteiger partial charge in [-0.05, 0) is 60.9 Å². The fourth-order valence-corrected chi connectivity index (χ4v) is 3.90. The van der Waals surface area contributed by atoms with E-state index in [2.05, 4.69) is 16.0 Å². The van der Waals surface area contributed by atoms with Crippen molar-refractivity contribution in [3.05, 3.63) is 101 Å². The van der Waals surface area contributed by atoms with Crippen molar-refractivity contribution in [1.82, 2.24) is 14.9 Å². The zero-order valence-corrected chi connectivity index (χ0v) is 20.0. The van der Waals surface area contributed by atoms with Gasteiger partial charge in [-0.3, -0.25) is 4.79 Å². The Morgan fingerprint density at radius 3 is 2.71 bits per heavy atom. The summed E-state index contributed by atoms with van der Waals surface area (Å²) in [6.45, 7) is 3.76. The predicted octanol–water partition coefficient (Wildman–Crippen LogP) is 5.84. The first kappa shape index (κ1) is 23.6. The molecule has 1 aromatic heterocycles. The highest BCUT2D eigenvalue weighted by molar-refractivity contribution is 6.31. The summed E-state index contributed by atoms with van der Waals surface area (Å²) in [4.78, 5) is 16.9. The predicted molar refractivity (Wildman–Crippen MR) is 138 cm³/mol. The lowest BCUT2D eigenvalue weighted by Crippen LogP contribution is -2.23. The van der Waals surface area contributed by atoms with E-state index in [0.717, 1.165) is 51.6 Å². The number of para-hydroxylation sites is 2. The summed E-state index contributed by atoms with van der Waals surface area (Å²) >= 11 is 6.11. The zero-order valence-electron chi connectivity index (χ0n) is 19.2. The second-order valence-corrected chi connectivity index (χ2v) is 8.47. The number of fused-ring (bicyclic) bond motifs is 1. The number of aromatic nitrogens is 2. The minimum Gasteiger partial charge on any atom is -0.492 e. The average Bonchev–Trinajstić information content (AvgIpc) is 3.21. The Labute approximate surface area is 205 Å². The maximum absolute atomic E-state index is 12.1. The van der Waals surface area contributed by atoms with Gasteiger partial charge < -0.3 is 14.6 Å². The standard InChI is InChI=1S/C28H28ClN3O2/c1-21-20-23(14-15-24(21)29)34-19-18-32-26-11-6-5-10-25(26)31-27(32)12-7-17-30-28(33)16-13-22-8-3-2-4-9-22/h2-6,8-11,13-16,20H,7,12,17-19H2,1H3,(H,30,33)/b16-13+. The quantitative estimate of drug-likeness (QED) is 0.232. The second-order valence-electron chi connectivity index (χ2n) is 8.07. The van der Waals surface area contributed by atoms with Gasteiger partial charge in [0.2, 0.25) is 5.91 Å². The lowest BCUT2D eigenvalue weighted by atomic mass is 10.2. The van der Waals surface area contributed by atoms with Gasteiger partial charge in [0.1, 0.15) is 18.2 Å². The van der Waals surface area contributed by atoms with Crippen molar-refractivity contribution in [2.45, 2.75) is 26.3 Å². The summed E-state index contributed by atoms with van der Waals surface area (Å²) < 4.78 is 8.17. The van der Waals surface area contributed by atoms with Crippen LogP contribution in [0.2, 0.25) is 5.02 Å². The Morgan fingerprint density at radius 2 is 1.88 bits per heavy atom. The Hall–Kier alpha value is -3.57. The molecule has 34 heavy (non-hydrogen) atoms. The first-order chi connectivity index (χ1) is 16.6. The Kier molecular flexibility index (Phi) is 7.99. The normalized spacial score (nSPS) is 11.2. The third kappa shape index (κ3) is 6.27. The van der Waals surface area contributed by atoms with Crippen molar-refractivity contribution < 1.29 is 9.53 Å². The van der Waals surface area contributed by atoms with Crippen LogP contribution in [-0.2, 0) is 17.8 Å². The van der Waals surface area contributed by atoms with E-state index in [4.69, 9.17) is 21.3 Å². The number of nitrogens with zero attached hydrogens (tertiary/aromatic N) is 2. The number of carbonyl (C=O) groups is 1.